The maximum atomic E-state index is 12.3. The van der Waals surface area contributed by atoms with E-state index in [-0.39, 0.29) is 5.91 Å². The van der Waals surface area contributed by atoms with Crippen LogP contribution in [0.4, 0.5) is 0 Å². The van der Waals surface area contributed by atoms with E-state index >= 15 is 0 Å². The second-order valence-electron chi connectivity index (χ2n) is 7.31. The van der Waals surface area contributed by atoms with Crippen LogP contribution in [0.5, 0.6) is 0 Å². The Kier molecular flexibility index (Phi) is 4.38. The SMILES string of the molecule is Cc1ccccc1Cn1cc(C(=O)NCC[C@@H]2C[C@@H]3C=C[C@H]2C3)nn1. The molecule has 2 aromatic rings. The van der Waals surface area contributed by atoms with E-state index in [4.69, 9.17) is 0 Å². The van der Waals surface area contributed by atoms with Crippen molar-refractivity contribution in [3.05, 3.63) is 59.4 Å². The number of benzene rings is 1. The number of aromatic nitrogens is 3. The molecule has 5 nitrogen and oxygen atoms in total. The quantitative estimate of drug-likeness (QED) is 0.825. The molecule has 1 fully saturated rings. The fourth-order valence-corrected chi connectivity index (χ4v) is 4.13. The predicted molar refractivity (Wildman–Crippen MR) is 96.1 cm³/mol. The van der Waals surface area contributed by atoms with Gasteiger partial charge in [-0.2, -0.15) is 0 Å². The topological polar surface area (TPSA) is 59.8 Å². The molecule has 130 valence electrons. The molecule has 1 aromatic carbocycles. The summed E-state index contributed by atoms with van der Waals surface area (Å²) >= 11 is 0. The van der Waals surface area contributed by atoms with Crippen LogP contribution in [0, 0.1) is 24.7 Å². The summed E-state index contributed by atoms with van der Waals surface area (Å²) in [5.74, 6) is 2.12. The van der Waals surface area contributed by atoms with Crippen molar-refractivity contribution in [1.29, 1.82) is 0 Å². The number of carbonyl (C=O) groups is 1. The van der Waals surface area contributed by atoms with Crippen molar-refractivity contribution in [3.63, 3.8) is 0 Å². The van der Waals surface area contributed by atoms with E-state index in [0.717, 1.165) is 24.2 Å². The van der Waals surface area contributed by atoms with Gasteiger partial charge in [-0.05, 0) is 55.1 Å². The predicted octanol–water partition coefficient (Wildman–Crippen LogP) is 2.97. The lowest BCUT2D eigenvalue weighted by atomic mass is 9.91. The third-order valence-electron chi connectivity index (χ3n) is 5.58. The number of allylic oxidation sites excluding steroid dienone is 2. The molecule has 1 heterocycles. The molecule has 0 spiro atoms. The number of nitrogens with one attached hydrogen (secondary N) is 1. The number of fused-ring (bicyclic) bond motifs is 2. The van der Waals surface area contributed by atoms with Crippen LogP contribution in [0.15, 0.2) is 42.6 Å². The van der Waals surface area contributed by atoms with Crippen molar-refractivity contribution in [1.82, 2.24) is 20.3 Å². The monoisotopic (exact) mass is 336 g/mol. The standard InChI is InChI=1S/C20H24N4O/c1-14-4-2-3-5-18(14)12-24-13-19(22-23-24)20(25)21-9-8-17-11-15-6-7-16(17)10-15/h2-7,13,15-17H,8-12H2,1H3,(H,21,25)/t15-,16+,17-/m1/s1. The second kappa shape index (κ2) is 6.82. The highest BCUT2D eigenvalue weighted by Gasteiger charge is 2.34. The van der Waals surface area contributed by atoms with Gasteiger partial charge in [0.2, 0.25) is 0 Å². The van der Waals surface area contributed by atoms with Crippen LogP contribution >= 0.6 is 0 Å². The first-order chi connectivity index (χ1) is 12.2. The zero-order valence-corrected chi connectivity index (χ0v) is 14.6. The van der Waals surface area contributed by atoms with Gasteiger partial charge in [0, 0.05) is 6.54 Å². The molecule has 2 bridgehead atoms. The Balaban J connectivity index is 1.28. The number of carbonyl (C=O) groups excluding carboxylic acids is 1. The van der Waals surface area contributed by atoms with Gasteiger partial charge >= 0.3 is 0 Å². The average Bonchev–Trinajstić information content (AvgIpc) is 3.33. The first-order valence-corrected chi connectivity index (χ1v) is 9.10. The molecule has 1 aromatic heterocycles. The zero-order chi connectivity index (χ0) is 17.2. The van der Waals surface area contributed by atoms with Crippen molar-refractivity contribution in [2.24, 2.45) is 17.8 Å². The van der Waals surface area contributed by atoms with Crippen LogP contribution in [0.1, 0.15) is 40.9 Å². The summed E-state index contributed by atoms with van der Waals surface area (Å²) in [4.78, 5) is 12.3. The fraction of sp³-hybridized carbons (Fsp3) is 0.450. The van der Waals surface area contributed by atoms with Gasteiger partial charge in [0.15, 0.2) is 5.69 Å². The van der Waals surface area contributed by atoms with Gasteiger partial charge in [0.05, 0.1) is 12.7 Å². The molecule has 0 saturated heterocycles. The van der Waals surface area contributed by atoms with Crippen LogP contribution in [-0.2, 0) is 6.54 Å². The fourth-order valence-electron chi connectivity index (χ4n) is 4.13. The third-order valence-corrected chi connectivity index (χ3v) is 5.58. The number of amides is 1. The van der Waals surface area contributed by atoms with Gasteiger partial charge in [-0.15, -0.1) is 5.10 Å². The van der Waals surface area contributed by atoms with Crippen molar-refractivity contribution >= 4 is 5.91 Å². The molecule has 0 radical (unpaired) electrons. The summed E-state index contributed by atoms with van der Waals surface area (Å²) in [5, 5.41) is 11.1. The molecular formula is C20H24N4O. The van der Waals surface area contributed by atoms with Gasteiger partial charge in [-0.3, -0.25) is 4.79 Å². The van der Waals surface area contributed by atoms with E-state index in [0.29, 0.717) is 18.8 Å². The van der Waals surface area contributed by atoms with Crippen LogP contribution in [-0.4, -0.2) is 27.4 Å². The number of rotatable bonds is 6. The van der Waals surface area contributed by atoms with Crippen molar-refractivity contribution in [2.45, 2.75) is 32.7 Å². The molecule has 4 rings (SSSR count). The second-order valence-corrected chi connectivity index (χ2v) is 7.31. The largest absolute Gasteiger partial charge is 0.351 e. The van der Waals surface area contributed by atoms with Crippen molar-refractivity contribution in [2.75, 3.05) is 6.54 Å². The molecule has 1 saturated carbocycles. The van der Waals surface area contributed by atoms with E-state index in [2.05, 4.69) is 46.8 Å². The summed E-state index contributed by atoms with van der Waals surface area (Å²) < 4.78 is 1.72. The number of hydrogen-bond donors (Lipinski definition) is 1. The summed E-state index contributed by atoms with van der Waals surface area (Å²) in [6.45, 7) is 3.42. The normalized spacial score (nSPS) is 24.0. The summed E-state index contributed by atoms with van der Waals surface area (Å²) in [6.07, 6.45) is 10.1. The minimum Gasteiger partial charge on any atom is -0.351 e. The Morgan fingerprint density at radius 3 is 2.92 bits per heavy atom. The van der Waals surface area contributed by atoms with Gasteiger partial charge in [0.1, 0.15) is 0 Å². The smallest absolute Gasteiger partial charge is 0.273 e. The van der Waals surface area contributed by atoms with Crippen molar-refractivity contribution < 1.29 is 4.79 Å². The van der Waals surface area contributed by atoms with Crippen LogP contribution in [0.3, 0.4) is 0 Å². The van der Waals surface area contributed by atoms with Crippen LogP contribution < -0.4 is 5.32 Å². The molecule has 2 aliphatic rings. The van der Waals surface area contributed by atoms with Crippen molar-refractivity contribution in [3.8, 4) is 0 Å². The minimum absolute atomic E-state index is 0.130. The lowest BCUT2D eigenvalue weighted by Gasteiger charge is -2.17. The first kappa shape index (κ1) is 16.1. The summed E-state index contributed by atoms with van der Waals surface area (Å²) in [5.41, 5.74) is 2.79. The molecule has 0 aliphatic heterocycles. The molecule has 1 amide bonds. The van der Waals surface area contributed by atoms with Gasteiger partial charge < -0.3 is 5.32 Å². The third kappa shape index (κ3) is 3.50. The zero-order valence-electron chi connectivity index (χ0n) is 14.6. The lowest BCUT2D eigenvalue weighted by molar-refractivity contribution is 0.0945. The molecule has 25 heavy (non-hydrogen) atoms. The van der Waals surface area contributed by atoms with Crippen LogP contribution in [0.25, 0.3) is 0 Å². The Hall–Kier alpha value is -2.43. The van der Waals surface area contributed by atoms with Crippen LogP contribution in [0.2, 0.25) is 0 Å². The number of aryl methyl sites for hydroxylation is 1. The van der Waals surface area contributed by atoms with E-state index in [9.17, 15) is 4.79 Å². The Morgan fingerprint density at radius 2 is 2.16 bits per heavy atom. The Labute approximate surface area is 148 Å². The molecule has 5 heteroatoms. The molecule has 1 N–H and O–H groups in total. The van der Waals surface area contributed by atoms with E-state index < -0.39 is 0 Å². The molecule has 0 unspecified atom stereocenters. The molecular weight excluding hydrogens is 312 g/mol. The molecule has 3 atom stereocenters. The Morgan fingerprint density at radius 1 is 1.28 bits per heavy atom. The highest BCUT2D eigenvalue weighted by molar-refractivity contribution is 5.91. The summed E-state index contributed by atoms with van der Waals surface area (Å²) in [6, 6.07) is 8.17. The lowest BCUT2D eigenvalue weighted by Crippen LogP contribution is -2.27. The van der Waals surface area contributed by atoms with Gasteiger partial charge in [-0.25, -0.2) is 4.68 Å². The van der Waals surface area contributed by atoms with E-state index in [1.165, 1.54) is 24.0 Å². The summed E-state index contributed by atoms with van der Waals surface area (Å²) in [7, 11) is 0. The van der Waals surface area contributed by atoms with Gasteiger partial charge in [-0.1, -0.05) is 41.6 Å². The van der Waals surface area contributed by atoms with E-state index in [1.807, 2.05) is 12.1 Å². The highest BCUT2D eigenvalue weighted by Crippen LogP contribution is 2.44. The molecule has 2 aliphatic carbocycles. The first-order valence-electron chi connectivity index (χ1n) is 9.10. The van der Waals surface area contributed by atoms with E-state index in [1.54, 1.807) is 10.9 Å². The number of hydrogen-bond acceptors (Lipinski definition) is 3. The minimum atomic E-state index is -0.130. The highest BCUT2D eigenvalue weighted by atomic mass is 16.2. The average molecular weight is 336 g/mol. The number of nitrogens with zero attached hydrogens (tertiary/aromatic N) is 3. The van der Waals surface area contributed by atoms with Gasteiger partial charge in [0.25, 0.3) is 5.91 Å². The maximum absolute atomic E-state index is 12.3. The maximum Gasteiger partial charge on any atom is 0.273 e. The Bertz CT molecular complexity index is 794.